The maximum Gasteiger partial charge on any atom is 0.294 e. The Hall–Kier alpha value is -2.52. The number of rotatable bonds is 4. The molecule has 0 heterocycles. The van der Waals surface area contributed by atoms with E-state index in [1.807, 2.05) is 0 Å². The first-order valence-electron chi connectivity index (χ1n) is 5.99. The number of nitro groups is 2. The van der Waals surface area contributed by atoms with Gasteiger partial charge in [0.25, 0.3) is 17.3 Å². The normalized spacial score (nSPS) is 10.2. The maximum atomic E-state index is 12.3. The third kappa shape index (κ3) is 3.82. The predicted molar refractivity (Wildman–Crippen MR) is 86.9 cm³/mol. The van der Waals surface area contributed by atoms with Crippen molar-refractivity contribution in [2.24, 2.45) is 0 Å². The van der Waals surface area contributed by atoms with Crippen molar-refractivity contribution in [2.75, 3.05) is 5.32 Å². The van der Waals surface area contributed by atoms with Gasteiger partial charge in [-0.15, -0.1) is 0 Å². The van der Waals surface area contributed by atoms with Gasteiger partial charge in [-0.2, -0.15) is 0 Å². The van der Waals surface area contributed by atoms with Gasteiger partial charge in [0.05, 0.1) is 15.4 Å². The van der Waals surface area contributed by atoms with Crippen LogP contribution in [0.25, 0.3) is 0 Å². The number of nitrogens with one attached hydrogen (secondary N) is 1. The van der Waals surface area contributed by atoms with Gasteiger partial charge in [0, 0.05) is 27.7 Å². The Morgan fingerprint density at radius 1 is 1.09 bits per heavy atom. The molecule has 0 unspecified atom stereocenters. The van der Waals surface area contributed by atoms with Gasteiger partial charge in [0.1, 0.15) is 5.69 Å². The van der Waals surface area contributed by atoms with Crippen molar-refractivity contribution in [3.8, 4) is 0 Å². The molecular formula is C13H7BrClN3O5. The van der Waals surface area contributed by atoms with E-state index in [4.69, 9.17) is 11.6 Å². The second kappa shape index (κ2) is 6.71. The van der Waals surface area contributed by atoms with E-state index in [0.717, 1.165) is 12.1 Å². The highest BCUT2D eigenvalue weighted by molar-refractivity contribution is 9.10. The van der Waals surface area contributed by atoms with Crippen LogP contribution in [-0.2, 0) is 0 Å². The molecule has 2 aromatic carbocycles. The zero-order valence-corrected chi connectivity index (χ0v) is 13.5. The monoisotopic (exact) mass is 399 g/mol. The molecule has 1 N–H and O–H groups in total. The van der Waals surface area contributed by atoms with Gasteiger partial charge in [-0.05, 0) is 34.1 Å². The van der Waals surface area contributed by atoms with Crippen molar-refractivity contribution in [3.05, 3.63) is 71.7 Å². The van der Waals surface area contributed by atoms with E-state index in [-0.39, 0.29) is 27.6 Å². The second-order valence-corrected chi connectivity index (χ2v) is 5.58. The average Bonchev–Trinajstić information content (AvgIpc) is 2.48. The molecule has 0 bridgehead atoms. The van der Waals surface area contributed by atoms with Gasteiger partial charge in [0.15, 0.2) is 0 Å². The Labute approximate surface area is 142 Å². The third-order valence-electron chi connectivity index (χ3n) is 2.81. The molecule has 0 atom stereocenters. The Morgan fingerprint density at radius 2 is 1.78 bits per heavy atom. The first kappa shape index (κ1) is 16.8. The molecule has 8 nitrogen and oxygen atoms in total. The molecule has 0 aromatic heterocycles. The molecule has 10 heteroatoms. The summed E-state index contributed by atoms with van der Waals surface area (Å²) in [5, 5.41) is 24.3. The second-order valence-electron chi connectivity index (χ2n) is 4.29. The molecule has 2 aromatic rings. The SMILES string of the molecule is O=C(Nc1ccc(Cl)cc1[N+](=O)[O-])c1cc([N+](=O)[O-])ccc1Br. The molecule has 1 amide bonds. The highest BCUT2D eigenvalue weighted by Gasteiger charge is 2.20. The molecule has 23 heavy (non-hydrogen) atoms. The van der Waals surface area contributed by atoms with E-state index in [1.54, 1.807) is 0 Å². The molecule has 0 aliphatic carbocycles. The van der Waals surface area contributed by atoms with Gasteiger partial charge in [-0.25, -0.2) is 0 Å². The third-order valence-corrected chi connectivity index (χ3v) is 3.74. The van der Waals surface area contributed by atoms with Gasteiger partial charge in [0.2, 0.25) is 0 Å². The summed E-state index contributed by atoms with van der Waals surface area (Å²) in [5.74, 6) is -0.731. The Morgan fingerprint density at radius 3 is 2.39 bits per heavy atom. The number of carbonyl (C=O) groups excluding carboxylic acids is 1. The largest absolute Gasteiger partial charge is 0.316 e. The van der Waals surface area contributed by atoms with Crippen LogP contribution in [0.15, 0.2) is 40.9 Å². The molecule has 118 valence electrons. The van der Waals surface area contributed by atoms with Gasteiger partial charge in [-0.3, -0.25) is 25.0 Å². The molecule has 2 rings (SSSR count). The first-order chi connectivity index (χ1) is 10.8. The summed E-state index contributed by atoms with van der Waals surface area (Å²) in [4.78, 5) is 32.7. The van der Waals surface area contributed by atoms with E-state index >= 15 is 0 Å². The molecule has 0 saturated heterocycles. The van der Waals surface area contributed by atoms with Crippen LogP contribution in [0.1, 0.15) is 10.4 Å². The summed E-state index contributed by atoms with van der Waals surface area (Å²) < 4.78 is 0.317. The molecule has 0 spiro atoms. The summed E-state index contributed by atoms with van der Waals surface area (Å²) in [6.07, 6.45) is 0. The molecule has 0 aliphatic rings. The summed E-state index contributed by atoms with van der Waals surface area (Å²) in [7, 11) is 0. The lowest BCUT2D eigenvalue weighted by Gasteiger charge is -2.08. The summed E-state index contributed by atoms with van der Waals surface area (Å²) in [5.41, 5.74) is -0.748. The zero-order valence-electron chi connectivity index (χ0n) is 11.2. The molecule has 0 fully saturated rings. The van der Waals surface area contributed by atoms with Gasteiger partial charge >= 0.3 is 0 Å². The van der Waals surface area contributed by atoms with E-state index < -0.39 is 15.8 Å². The van der Waals surface area contributed by atoms with E-state index in [0.29, 0.717) is 4.47 Å². The molecule has 0 saturated carbocycles. The van der Waals surface area contributed by atoms with E-state index in [1.165, 1.54) is 24.3 Å². The number of nitrogens with zero attached hydrogens (tertiary/aromatic N) is 2. The minimum Gasteiger partial charge on any atom is -0.316 e. The van der Waals surface area contributed by atoms with Crippen LogP contribution in [0.3, 0.4) is 0 Å². The highest BCUT2D eigenvalue weighted by Crippen LogP contribution is 2.29. The highest BCUT2D eigenvalue weighted by atomic mass is 79.9. The number of hydrogen-bond donors (Lipinski definition) is 1. The number of nitro benzene ring substituents is 2. The van der Waals surface area contributed by atoms with E-state index in [9.17, 15) is 25.0 Å². The molecule has 0 aliphatic heterocycles. The first-order valence-corrected chi connectivity index (χ1v) is 7.16. The fraction of sp³-hybridized carbons (Fsp3) is 0. The standard InChI is InChI=1S/C13H7BrClN3O5/c14-10-3-2-8(17(20)21)6-9(10)13(19)16-11-4-1-7(15)5-12(11)18(22)23/h1-6H,(H,16,19). The van der Waals surface area contributed by atoms with Crippen molar-refractivity contribution in [3.63, 3.8) is 0 Å². The summed E-state index contributed by atoms with van der Waals surface area (Å²) in [6, 6.07) is 7.41. The van der Waals surface area contributed by atoms with Gasteiger partial charge < -0.3 is 5.32 Å². The fourth-order valence-corrected chi connectivity index (χ4v) is 2.35. The lowest BCUT2D eigenvalue weighted by atomic mass is 10.1. The fourth-order valence-electron chi connectivity index (χ4n) is 1.75. The lowest BCUT2D eigenvalue weighted by molar-refractivity contribution is -0.384. The molecular weight excluding hydrogens is 394 g/mol. The van der Waals surface area contributed by atoms with Crippen LogP contribution >= 0.6 is 27.5 Å². The van der Waals surface area contributed by atoms with Crippen molar-refractivity contribution in [2.45, 2.75) is 0 Å². The van der Waals surface area contributed by atoms with Crippen LogP contribution in [0.4, 0.5) is 17.1 Å². The number of anilines is 1. The number of benzene rings is 2. The predicted octanol–water partition coefficient (Wildman–Crippen LogP) is 4.17. The minimum atomic E-state index is -0.731. The number of hydrogen-bond acceptors (Lipinski definition) is 5. The Bertz CT molecular complexity index is 827. The van der Waals surface area contributed by atoms with Crippen LogP contribution in [0.5, 0.6) is 0 Å². The molecule has 0 radical (unpaired) electrons. The number of halogens is 2. The average molecular weight is 401 g/mol. The summed E-state index contributed by atoms with van der Waals surface area (Å²) >= 11 is 8.81. The van der Waals surface area contributed by atoms with E-state index in [2.05, 4.69) is 21.2 Å². The number of amides is 1. The lowest BCUT2D eigenvalue weighted by Crippen LogP contribution is -2.14. The van der Waals surface area contributed by atoms with Crippen LogP contribution in [0, 0.1) is 20.2 Å². The van der Waals surface area contributed by atoms with Crippen LogP contribution in [0.2, 0.25) is 5.02 Å². The van der Waals surface area contributed by atoms with Crippen molar-refractivity contribution < 1.29 is 14.6 Å². The Balaban J connectivity index is 2.39. The van der Waals surface area contributed by atoms with Crippen molar-refractivity contribution >= 4 is 50.5 Å². The number of non-ortho nitro benzene ring substituents is 1. The quantitative estimate of drug-likeness (QED) is 0.611. The van der Waals surface area contributed by atoms with Crippen LogP contribution < -0.4 is 5.32 Å². The van der Waals surface area contributed by atoms with Crippen molar-refractivity contribution in [1.82, 2.24) is 0 Å². The summed E-state index contributed by atoms with van der Waals surface area (Å²) in [6.45, 7) is 0. The van der Waals surface area contributed by atoms with Gasteiger partial charge in [-0.1, -0.05) is 11.6 Å². The smallest absolute Gasteiger partial charge is 0.294 e. The Kier molecular flexibility index (Phi) is 4.92. The topological polar surface area (TPSA) is 115 Å². The number of carbonyl (C=O) groups is 1. The zero-order chi connectivity index (χ0) is 17.1. The maximum absolute atomic E-state index is 12.3. The minimum absolute atomic E-state index is 0.0246. The van der Waals surface area contributed by atoms with Crippen LogP contribution in [-0.4, -0.2) is 15.8 Å². The van der Waals surface area contributed by atoms with Crippen molar-refractivity contribution in [1.29, 1.82) is 0 Å².